The van der Waals surface area contributed by atoms with E-state index in [1.165, 1.54) is 16.8 Å². The van der Waals surface area contributed by atoms with Crippen LogP contribution in [0.3, 0.4) is 0 Å². The number of hydrogen-bond acceptors (Lipinski definition) is 3. The van der Waals surface area contributed by atoms with E-state index in [1.54, 1.807) is 0 Å². The molecular weight excluding hydrogens is 338 g/mol. The van der Waals surface area contributed by atoms with Gasteiger partial charge >= 0.3 is 6.03 Å². The van der Waals surface area contributed by atoms with Gasteiger partial charge in [0, 0.05) is 31.9 Å². The van der Waals surface area contributed by atoms with Crippen molar-refractivity contribution in [2.45, 2.75) is 26.7 Å². The normalized spacial score (nSPS) is 14.1. The Morgan fingerprint density at radius 3 is 2.48 bits per heavy atom. The summed E-state index contributed by atoms with van der Waals surface area (Å²) in [6.07, 6.45) is 2.21. The van der Waals surface area contributed by atoms with E-state index in [0.717, 1.165) is 31.7 Å². The van der Waals surface area contributed by atoms with E-state index in [4.69, 9.17) is 4.74 Å². The highest BCUT2D eigenvalue weighted by molar-refractivity contribution is 5.74. The maximum Gasteiger partial charge on any atom is 0.320 e. The molecule has 5 heteroatoms. The van der Waals surface area contributed by atoms with E-state index in [-0.39, 0.29) is 12.8 Å². The third kappa shape index (κ3) is 5.39. The molecule has 1 fully saturated rings. The van der Waals surface area contributed by atoms with Gasteiger partial charge in [-0.1, -0.05) is 37.6 Å². The largest absolute Gasteiger partial charge is 0.473 e. The van der Waals surface area contributed by atoms with Crippen molar-refractivity contribution in [1.29, 1.82) is 0 Å². The minimum absolute atomic E-state index is 0.0681. The molecule has 0 saturated carbocycles. The van der Waals surface area contributed by atoms with Crippen LogP contribution in [0, 0.1) is 6.92 Å². The average molecular weight is 367 g/mol. The number of carbonyl (C=O) groups is 1. The highest BCUT2D eigenvalue weighted by Gasteiger charge is 2.21. The fourth-order valence-corrected chi connectivity index (χ4v) is 3.33. The van der Waals surface area contributed by atoms with Crippen molar-refractivity contribution in [1.82, 2.24) is 10.2 Å². The van der Waals surface area contributed by atoms with Crippen LogP contribution in [0.25, 0.3) is 0 Å². The Labute approximate surface area is 161 Å². The number of piperazine rings is 1. The van der Waals surface area contributed by atoms with Gasteiger partial charge in [-0.3, -0.25) is 0 Å². The second-order valence-electron chi connectivity index (χ2n) is 6.98. The van der Waals surface area contributed by atoms with Gasteiger partial charge in [-0.2, -0.15) is 0 Å². The molecule has 2 amide bonds. The minimum atomic E-state index is -0.0681. The van der Waals surface area contributed by atoms with Gasteiger partial charge in [0.05, 0.1) is 0 Å². The number of amides is 2. The Morgan fingerprint density at radius 2 is 1.81 bits per heavy atom. The van der Waals surface area contributed by atoms with E-state index in [2.05, 4.69) is 60.5 Å². The number of urea groups is 1. The van der Waals surface area contributed by atoms with Gasteiger partial charge in [-0.05, 0) is 48.7 Å². The van der Waals surface area contributed by atoms with Crippen LogP contribution in [0.15, 0.2) is 48.5 Å². The third-order valence-corrected chi connectivity index (χ3v) is 4.86. The van der Waals surface area contributed by atoms with Gasteiger partial charge in [0.2, 0.25) is 0 Å². The molecule has 3 rings (SSSR count). The second-order valence-corrected chi connectivity index (χ2v) is 6.98. The lowest BCUT2D eigenvalue weighted by Crippen LogP contribution is -2.52. The molecule has 0 aromatic heterocycles. The molecule has 5 nitrogen and oxygen atoms in total. The Balaban J connectivity index is 1.40. The Hall–Kier alpha value is -2.69. The van der Waals surface area contributed by atoms with Crippen molar-refractivity contribution >= 4 is 11.7 Å². The second kappa shape index (κ2) is 9.31. The summed E-state index contributed by atoms with van der Waals surface area (Å²) >= 11 is 0. The Bertz CT molecular complexity index is 737. The number of nitrogens with one attached hydrogen (secondary N) is 1. The van der Waals surface area contributed by atoms with E-state index in [1.807, 2.05) is 17.0 Å². The quantitative estimate of drug-likeness (QED) is 0.790. The summed E-state index contributed by atoms with van der Waals surface area (Å²) in [7, 11) is 0. The van der Waals surface area contributed by atoms with Gasteiger partial charge in [0.15, 0.2) is 6.73 Å². The first-order chi connectivity index (χ1) is 13.2. The molecular formula is C22H29N3O2. The topological polar surface area (TPSA) is 44.8 Å². The lowest BCUT2D eigenvalue weighted by Gasteiger charge is -2.36. The first-order valence-electron chi connectivity index (χ1n) is 9.72. The number of anilines is 1. The maximum atomic E-state index is 12.3. The number of rotatable bonds is 6. The fraction of sp³-hybridized carbons (Fsp3) is 0.409. The minimum Gasteiger partial charge on any atom is -0.473 e. The number of ether oxygens (including phenoxy) is 1. The lowest BCUT2D eigenvalue weighted by molar-refractivity contribution is 0.181. The van der Waals surface area contributed by atoms with Gasteiger partial charge < -0.3 is 19.9 Å². The molecule has 0 unspecified atom stereocenters. The number of benzene rings is 2. The molecule has 0 radical (unpaired) electrons. The zero-order valence-corrected chi connectivity index (χ0v) is 16.3. The van der Waals surface area contributed by atoms with Crippen molar-refractivity contribution < 1.29 is 9.53 Å². The molecule has 144 valence electrons. The first kappa shape index (κ1) is 19.1. The molecule has 27 heavy (non-hydrogen) atoms. The SMILES string of the molecule is CCCc1ccc(OCNC(=O)N2CCN(c3cccc(C)c3)CC2)cc1. The summed E-state index contributed by atoms with van der Waals surface area (Å²) in [5, 5.41) is 2.85. The molecule has 1 N–H and O–H groups in total. The van der Waals surface area contributed by atoms with Crippen LogP contribution in [0.4, 0.5) is 10.5 Å². The molecule has 1 aliphatic heterocycles. The zero-order chi connectivity index (χ0) is 19.1. The summed E-state index contributed by atoms with van der Waals surface area (Å²) in [4.78, 5) is 16.5. The van der Waals surface area contributed by atoms with Crippen molar-refractivity contribution in [2.24, 2.45) is 0 Å². The molecule has 0 atom stereocenters. The maximum absolute atomic E-state index is 12.3. The molecule has 1 saturated heterocycles. The monoisotopic (exact) mass is 367 g/mol. The zero-order valence-electron chi connectivity index (χ0n) is 16.3. The van der Waals surface area contributed by atoms with Crippen LogP contribution >= 0.6 is 0 Å². The molecule has 1 aliphatic rings. The highest BCUT2D eigenvalue weighted by atomic mass is 16.5. The molecule has 2 aromatic rings. The summed E-state index contributed by atoms with van der Waals surface area (Å²) in [5.41, 5.74) is 3.79. The van der Waals surface area contributed by atoms with Crippen molar-refractivity contribution in [3.05, 3.63) is 59.7 Å². The van der Waals surface area contributed by atoms with E-state index < -0.39 is 0 Å². The summed E-state index contributed by atoms with van der Waals surface area (Å²) < 4.78 is 5.64. The highest BCUT2D eigenvalue weighted by Crippen LogP contribution is 2.18. The number of nitrogens with zero attached hydrogens (tertiary/aromatic N) is 2. The predicted molar refractivity (Wildman–Crippen MR) is 109 cm³/mol. The van der Waals surface area contributed by atoms with Crippen LogP contribution in [0.5, 0.6) is 5.75 Å². The van der Waals surface area contributed by atoms with Gasteiger partial charge in [0.25, 0.3) is 0 Å². The van der Waals surface area contributed by atoms with Crippen LogP contribution in [-0.4, -0.2) is 43.8 Å². The van der Waals surface area contributed by atoms with Gasteiger partial charge in [0.1, 0.15) is 5.75 Å². The number of carbonyl (C=O) groups excluding carboxylic acids is 1. The summed E-state index contributed by atoms with van der Waals surface area (Å²) in [6.45, 7) is 7.57. The van der Waals surface area contributed by atoms with Crippen molar-refractivity contribution in [2.75, 3.05) is 37.8 Å². The smallest absolute Gasteiger partial charge is 0.320 e. The van der Waals surface area contributed by atoms with E-state index >= 15 is 0 Å². The molecule has 0 bridgehead atoms. The van der Waals surface area contributed by atoms with Crippen molar-refractivity contribution in [3.8, 4) is 5.75 Å². The third-order valence-electron chi connectivity index (χ3n) is 4.86. The van der Waals surface area contributed by atoms with Crippen LogP contribution in [-0.2, 0) is 6.42 Å². The Kier molecular flexibility index (Phi) is 6.58. The molecule has 2 aromatic carbocycles. The summed E-state index contributed by atoms with van der Waals surface area (Å²) in [6, 6.07) is 16.5. The van der Waals surface area contributed by atoms with Crippen LogP contribution < -0.4 is 15.0 Å². The first-order valence-corrected chi connectivity index (χ1v) is 9.72. The lowest BCUT2D eigenvalue weighted by atomic mass is 10.1. The molecule has 0 spiro atoms. The van der Waals surface area contributed by atoms with Gasteiger partial charge in [-0.25, -0.2) is 4.79 Å². The van der Waals surface area contributed by atoms with E-state index in [9.17, 15) is 4.79 Å². The fourth-order valence-electron chi connectivity index (χ4n) is 3.33. The van der Waals surface area contributed by atoms with Gasteiger partial charge in [-0.15, -0.1) is 0 Å². The van der Waals surface area contributed by atoms with E-state index in [0.29, 0.717) is 13.1 Å². The average Bonchev–Trinajstić information content (AvgIpc) is 2.69. The standard InChI is InChI=1S/C22H29N3O2/c1-3-5-19-8-10-21(11-9-19)27-17-23-22(26)25-14-12-24(13-15-25)20-7-4-6-18(2)16-20/h4,6-11,16H,3,5,12-15,17H2,1-2H3,(H,23,26). The summed E-state index contributed by atoms with van der Waals surface area (Å²) in [5.74, 6) is 0.777. The van der Waals surface area contributed by atoms with Crippen LogP contribution in [0.1, 0.15) is 24.5 Å². The predicted octanol–water partition coefficient (Wildman–Crippen LogP) is 3.82. The van der Waals surface area contributed by atoms with Crippen molar-refractivity contribution in [3.63, 3.8) is 0 Å². The Morgan fingerprint density at radius 1 is 1.07 bits per heavy atom. The van der Waals surface area contributed by atoms with Crippen LogP contribution in [0.2, 0.25) is 0 Å². The molecule has 0 aliphatic carbocycles. The number of aryl methyl sites for hydroxylation is 2. The number of hydrogen-bond donors (Lipinski definition) is 1. The molecule has 1 heterocycles.